The number of hydrogen-bond donors (Lipinski definition) is 3. The first kappa shape index (κ1) is 12.9. The Morgan fingerprint density at radius 2 is 2.19 bits per heavy atom. The van der Waals surface area contributed by atoms with Crippen LogP contribution in [0.4, 0.5) is 0 Å². The molecule has 0 amide bonds. The first-order chi connectivity index (χ1) is 7.42. The maximum Gasteiger partial charge on any atom is 0.397 e. The molecule has 0 aliphatic carbocycles. The van der Waals surface area contributed by atoms with Crippen molar-refractivity contribution in [3.63, 3.8) is 0 Å². The number of phenols is 1. The van der Waals surface area contributed by atoms with Gasteiger partial charge in [0.2, 0.25) is 0 Å². The van der Waals surface area contributed by atoms with Crippen LogP contribution in [0.3, 0.4) is 0 Å². The van der Waals surface area contributed by atoms with Gasteiger partial charge in [0.05, 0.1) is 0 Å². The van der Waals surface area contributed by atoms with E-state index in [4.69, 9.17) is 4.55 Å². The summed E-state index contributed by atoms with van der Waals surface area (Å²) in [6, 6.07) is 5.97. The van der Waals surface area contributed by atoms with Crippen molar-refractivity contribution in [1.82, 2.24) is 5.32 Å². The summed E-state index contributed by atoms with van der Waals surface area (Å²) in [7, 11) is -2.91. The van der Waals surface area contributed by atoms with Crippen LogP contribution in [0.5, 0.6) is 5.75 Å². The summed E-state index contributed by atoms with van der Waals surface area (Å²) < 4.78 is 34.3. The zero-order valence-electron chi connectivity index (χ0n) is 8.62. The van der Waals surface area contributed by atoms with Gasteiger partial charge in [-0.2, -0.15) is 8.42 Å². The number of phenolic OH excluding ortho intramolecular Hbond substituents is 1. The Labute approximate surface area is 93.8 Å². The van der Waals surface area contributed by atoms with Crippen molar-refractivity contribution in [2.24, 2.45) is 0 Å². The molecule has 1 atom stereocenters. The quantitative estimate of drug-likeness (QED) is 0.655. The average molecular weight is 247 g/mol. The fourth-order valence-electron chi connectivity index (χ4n) is 1.26. The third kappa shape index (κ3) is 4.15. The normalized spacial score (nSPS) is 13.6. The number of likely N-dealkylation sites (N-methyl/N-ethyl adjacent to an activating group) is 1. The van der Waals surface area contributed by atoms with Gasteiger partial charge in [-0.15, -0.1) is 0 Å². The molecule has 1 aromatic carbocycles. The summed E-state index contributed by atoms with van der Waals surface area (Å²) in [5, 5.41) is 12.0. The van der Waals surface area contributed by atoms with Crippen molar-refractivity contribution in [1.29, 1.82) is 0 Å². The van der Waals surface area contributed by atoms with Gasteiger partial charge in [-0.1, -0.05) is 12.1 Å². The molecule has 0 aromatic heterocycles. The van der Waals surface area contributed by atoms with Crippen LogP contribution in [-0.2, 0) is 14.6 Å². The summed E-state index contributed by atoms with van der Waals surface area (Å²) in [4.78, 5) is 0. The van der Waals surface area contributed by atoms with E-state index >= 15 is 0 Å². The van der Waals surface area contributed by atoms with Crippen LogP contribution in [0, 0.1) is 0 Å². The van der Waals surface area contributed by atoms with Crippen molar-refractivity contribution >= 4 is 10.4 Å². The highest BCUT2D eigenvalue weighted by molar-refractivity contribution is 7.80. The van der Waals surface area contributed by atoms with Crippen LogP contribution in [-0.4, -0.2) is 31.7 Å². The molecular weight excluding hydrogens is 234 g/mol. The van der Waals surface area contributed by atoms with Crippen molar-refractivity contribution in [3.05, 3.63) is 29.8 Å². The molecule has 1 rings (SSSR count). The number of nitrogens with one attached hydrogen (secondary N) is 1. The molecule has 16 heavy (non-hydrogen) atoms. The minimum absolute atomic E-state index is 0.00228. The predicted molar refractivity (Wildman–Crippen MR) is 57.4 cm³/mol. The van der Waals surface area contributed by atoms with Gasteiger partial charge in [-0.25, -0.2) is 4.18 Å². The van der Waals surface area contributed by atoms with E-state index in [-0.39, 0.29) is 12.3 Å². The fraction of sp³-hybridized carbons (Fsp3) is 0.333. The van der Waals surface area contributed by atoms with Gasteiger partial charge in [-0.3, -0.25) is 4.55 Å². The monoisotopic (exact) mass is 247 g/mol. The van der Waals surface area contributed by atoms with Gasteiger partial charge in [0.15, 0.2) is 0 Å². The lowest BCUT2D eigenvalue weighted by Gasteiger charge is -2.15. The topological polar surface area (TPSA) is 95.9 Å². The summed E-state index contributed by atoms with van der Waals surface area (Å²) in [5.74, 6) is -0.00228. The number of hydrogen-bond acceptors (Lipinski definition) is 5. The largest absolute Gasteiger partial charge is 0.508 e. The minimum Gasteiger partial charge on any atom is -0.508 e. The lowest BCUT2D eigenvalue weighted by Crippen LogP contribution is -2.22. The van der Waals surface area contributed by atoms with Gasteiger partial charge in [0.1, 0.15) is 11.9 Å². The molecule has 0 aliphatic rings. The second-order valence-corrected chi connectivity index (χ2v) is 4.21. The van der Waals surface area contributed by atoms with E-state index in [9.17, 15) is 13.5 Å². The highest BCUT2D eigenvalue weighted by atomic mass is 32.3. The van der Waals surface area contributed by atoms with Crippen LogP contribution in [0.1, 0.15) is 11.7 Å². The van der Waals surface area contributed by atoms with E-state index in [0.29, 0.717) is 5.56 Å². The first-order valence-electron chi connectivity index (χ1n) is 4.51. The summed E-state index contributed by atoms with van der Waals surface area (Å²) in [6.45, 7) is 0.184. The summed E-state index contributed by atoms with van der Waals surface area (Å²) in [5.41, 5.74) is 0.451. The van der Waals surface area contributed by atoms with Crippen LogP contribution in [0.2, 0.25) is 0 Å². The number of rotatable bonds is 5. The SMILES string of the molecule is CNC[C@H](OS(=O)(=O)O)c1cccc(O)c1. The Morgan fingerprint density at radius 1 is 1.50 bits per heavy atom. The maximum atomic E-state index is 10.6. The van der Waals surface area contributed by atoms with Crippen LogP contribution < -0.4 is 5.32 Å². The second kappa shape index (κ2) is 5.26. The van der Waals surface area contributed by atoms with E-state index in [0.717, 1.165) is 0 Å². The lowest BCUT2D eigenvalue weighted by atomic mass is 10.1. The molecule has 0 spiro atoms. The minimum atomic E-state index is -4.53. The molecule has 0 heterocycles. The van der Waals surface area contributed by atoms with E-state index in [2.05, 4.69) is 9.50 Å². The van der Waals surface area contributed by atoms with E-state index in [1.807, 2.05) is 0 Å². The number of aromatic hydroxyl groups is 1. The highest BCUT2D eigenvalue weighted by Gasteiger charge is 2.18. The zero-order chi connectivity index (χ0) is 12.2. The molecule has 7 heteroatoms. The summed E-state index contributed by atoms with van der Waals surface area (Å²) in [6.07, 6.45) is -0.882. The third-order valence-corrected chi connectivity index (χ3v) is 2.34. The molecule has 0 saturated carbocycles. The van der Waals surface area contributed by atoms with Crippen LogP contribution >= 0.6 is 0 Å². The van der Waals surface area contributed by atoms with Gasteiger partial charge >= 0.3 is 10.4 Å². The molecule has 0 bridgehead atoms. The molecule has 1 aromatic rings. The first-order valence-corrected chi connectivity index (χ1v) is 5.88. The molecular formula is C9H13NO5S. The highest BCUT2D eigenvalue weighted by Crippen LogP contribution is 2.22. The molecule has 90 valence electrons. The van der Waals surface area contributed by atoms with Crippen LogP contribution in [0.15, 0.2) is 24.3 Å². The van der Waals surface area contributed by atoms with Crippen molar-refractivity contribution < 1.29 is 22.3 Å². The van der Waals surface area contributed by atoms with Crippen LogP contribution in [0.25, 0.3) is 0 Å². The Bertz CT molecular complexity index is 445. The van der Waals surface area contributed by atoms with Gasteiger partial charge in [0, 0.05) is 6.54 Å². The maximum absolute atomic E-state index is 10.6. The molecule has 0 fully saturated rings. The molecule has 3 N–H and O–H groups in total. The van der Waals surface area contributed by atoms with Gasteiger partial charge < -0.3 is 10.4 Å². The fourth-order valence-corrected chi connectivity index (χ4v) is 1.74. The van der Waals surface area contributed by atoms with Gasteiger partial charge in [-0.05, 0) is 24.7 Å². The van der Waals surface area contributed by atoms with E-state index in [1.165, 1.54) is 12.1 Å². The molecule has 0 radical (unpaired) electrons. The smallest absolute Gasteiger partial charge is 0.397 e. The zero-order valence-corrected chi connectivity index (χ0v) is 9.44. The van der Waals surface area contributed by atoms with Gasteiger partial charge in [0.25, 0.3) is 0 Å². The summed E-state index contributed by atoms with van der Waals surface area (Å²) >= 11 is 0. The van der Waals surface area contributed by atoms with Crippen molar-refractivity contribution in [2.45, 2.75) is 6.10 Å². The Balaban J connectivity index is 2.93. The molecule has 0 saturated heterocycles. The predicted octanol–water partition coefficient (Wildman–Crippen LogP) is 0.472. The Hall–Kier alpha value is -1.15. The van der Waals surface area contributed by atoms with Crippen molar-refractivity contribution in [2.75, 3.05) is 13.6 Å². The molecule has 0 unspecified atom stereocenters. The Morgan fingerprint density at radius 3 is 2.69 bits per heavy atom. The molecule has 0 aliphatic heterocycles. The van der Waals surface area contributed by atoms with E-state index in [1.54, 1.807) is 19.2 Å². The standard InChI is InChI=1S/C9H13NO5S/c1-10-6-9(15-16(12,13)14)7-3-2-4-8(11)5-7/h2-5,9-11H,6H2,1H3,(H,12,13,14)/t9-/m0/s1. The number of benzene rings is 1. The molecule has 6 nitrogen and oxygen atoms in total. The average Bonchev–Trinajstić information content (AvgIpc) is 2.15. The third-order valence-electron chi connectivity index (χ3n) is 1.87. The Kier molecular flexibility index (Phi) is 4.25. The van der Waals surface area contributed by atoms with Crippen molar-refractivity contribution in [3.8, 4) is 5.75 Å². The van der Waals surface area contributed by atoms with E-state index < -0.39 is 16.5 Å². The second-order valence-electron chi connectivity index (χ2n) is 3.17. The lowest BCUT2D eigenvalue weighted by molar-refractivity contribution is 0.183.